The van der Waals surface area contributed by atoms with Crippen molar-refractivity contribution in [2.75, 3.05) is 38.2 Å². The Morgan fingerprint density at radius 1 is 1.38 bits per heavy atom. The fraction of sp³-hybridized carbons (Fsp3) is 0.714. The predicted octanol–water partition coefficient (Wildman–Crippen LogP) is 1.01. The number of piperidine rings is 1. The average Bonchev–Trinajstić information content (AvgIpc) is 3.11. The van der Waals surface area contributed by atoms with Crippen LogP contribution in [0, 0.1) is 12.8 Å². The van der Waals surface area contributed by atoms with Crippen molar-refractivity contribution < 1.29 is 18.8 Å². The fourth-order valence-electron chi connectivity index (χ4n) is 2.84. The lowest BCUT2D eigenvalue weighted by atomic mass is 9.96. The van der Waals surface area contributed by atoms with Crippen LogP contribution in [0.15, 0.2) is 10.6 Å². The minimum atomic E-state index is -0.0601. The van der Waals surface area contributed by atoms with E-state index >= 15 is 0 Å². The Balaban J connectivity index is 1.41. The second-order valence-corrected chi connectivity index (χ2v) is 5.59. The third-order valence-corrected chi connectivity index (χ3v) is 3.93. The van der Waals surface area contributed by atoms with E-state index in [9.17, 15) is 4.79 Å². The smallest absolute Gasteiger partial charge is 0.239 e. The molecule has 2 fully saturated rings. The highest BCUT2D eigenvalue weighted by Gasteiger charge is 2.30. The Kier molecular flexibility index (Phi) is 4.52. The summed E-state index contributed by atoms with van der Waals surface area (Å²) in [7, 11) is 0. The number of ether oxygens (including phenoxy) is 2. The summed E-state index contributed by atoms with van der Waals surface area (Å²) in [6, 6.07) is 1.71. The zero-order valence-corrected chi connectivity index (χ0v) is 12.2. The third kappa shape index (κ3) is 3.81. The number of rotatable bonds is 4. The van der Waals surface area contributed by atoms with E-state index in [4.69, 9.17) is 14.0 Å². The van der Waals surface area contributed by atoms with Crippen molar-refractivity contribution in [3.05, 3.63) is 11.8 Å². The molecule has 1 aromatic rings. The number of nitrogens with zero attached hydrogens (tertiary/aromatic N) is 2. The van der Waals surface area contributed by atoms with Crippen LogP contribution in [0.3, 0.4) is 0 Å². The first kappa shape index (κ1) is 14.5. The molecule has 2 saturated heterocycles. The maximum atomic E-state index is 11.9. The summed E-state index contributed by atoms with van der Waals surface area (Å²) < 4.78 is 16.0. The van der Waals surface area contributed by atoms with Crippen LogP contribution in [0.2, 0.25) is 0 Å². The van der Waals surface area contributed by atoms with Gasteiger partial charge < -0.3 is 19.3 Å². The van der Waals surface area contributed by atoms with Crippen molar-refractivity contribution >= 4 is 11.7 Å². The molecule has 0 atom stereocenters. The first-order chi connectivity index (χ1) is 10.2. The molecule has 7 nitrogen and oxygen atoms in total. The van der Waals surface area contributed by atoms with Crippen LogP contribution in [0.5, 0.6) is 0 Å². The van der Waals surface area contributed by atoms with Gasteiger partial charge in [0.05, 0.1) is 19.8 Å². The van der Waals surface area contributed by atoms with Crippen LogP contribution < -0.4 is 5.32 Å². The Morgan fingerprint density at radius 3 is 2.71 bits per heavy atom. The predicted molar refractivity (Wildman–Crippen MR) is 74.7 cm³/mol. The molecule has 0 bridgehead atoms. The van der Waals surface area contributed by atoms with Crippen LogP contribution in [0.1, 0.15) is 18.6 Å². The first-order valence-corrected chi connectivity index (χ1v) is 7.39. The number of aryl methyl sites for hydroxylation is 1. The minimum absolute atomic E-state index is 0.0425. The molecule has 21 heavy (non-hydrogen) atoms. The number of nitrogens with one attached hydrogen (secondary N) is 1. The van der Waals surface area contributed by atoms with Crippen molar-refractivity contribution in [1.29, 1.82) is 0 Å². The van der Waals surface area contributed by atoms with Gasteiger partial charge in [-0.1, -0.05) is 5.16 Å². The van der Waals surface area contributed by atoms with Crippen molar-refractivity contribution in [3.63, 3.8) is 0 Å². The van der Waals surface area contributed by atoms with E-state index in [1.165, 1.54) is 0 Å². The van der Waals surface area contributed by atoms with Crippen LogP contribution in [0.25, 0.3) is 0 Å². The van der Waals surface area contributed by atoms with Gasteiger partial charge in [0, 0.05) is 12.0 Å². The maximum Gasteiger partial charge on any atom is 0.239 e. The van der Waals surface area contributed by atoms with Gasteiger partial charge in [0.25, 0.3) is 0 Å². The molecule has 3 rings (SSSR count). The minimum Gasteiger partial charge on any atom is -0.360 e. The number of carbonyl (C=O) groups is 1. The number of anilines is 1. The van der Waals surface area contributed by atoms with Gasteiger partial charge in [-0.15, -0.1) is 0 Å². The van der Waals surface area contributed by atoms with E-state index in [0.29, 0.717) is 37.3 Å². The van der Waals surface area contributed by atoms with E-state index in [0.717, 1.165) is 25.9 Å². The summed E-state index contributed by atoms with van der Waals surface area (Å²) in [6.45, 7) is 5.35. The van der Waals surface area contributed by atoms with E-state index < -0.39 is 0 Å². The second-order valence-electron chi connectivity index (χ2n) is 5.59. The molecule has 3 heterocycles. The molecule has 0 saturated carbocycles. The highest BCUT2D eigenvalue weighted by Crippen LogP contribution is 2.25. The van der Waals surface area contributed by atoms with Crippen molar-refractivity contribution in [2.45, 2.75) is 26.1 Å². The summed E-state index contributed by atoms with van der Waals surface area (Å²) in [4.78, 5) is 14.1. The Hall–Kier alpha value is -1.44. The third-order valence-electron chi connectivity index (χ3n) is 3.93. The normalized spacial score (nSPS) is 21.8. The molecule has 0 spiro atoms. The van der Waals surface area contributed by atoms with Gasteiger partial charge >= 0.3 is 0 Å². The van der Waals surface area contributed by atoms with Gasteiger partial charge in [0.1, 0.15) is 5.76 Å². The molecular weight excluding hydrogens is 274 g/mol. The fourth-order valence-corrected chi connectivity index (χ4v) is 2.84. The summed E-state index contributed by atoms with van der Waals surface area (Å²) in [5, 5.41) is 6.50. The molecule has 7 heteroatoms. The van der Waals surface area contributed by atoms with Gasteiger partial charge in [0.2, 0.25) is 5.91 Å². The summed E-state index contributed by atoms with van der Waals surface area (Å²) in [5.74, 6) is 1.54. The Bertz CT molecular complexity index is 476. The molecule has 0 aromatic carbocycles. The highest BCUT2D eigenvalue weighted by molar-refractivity contribution is 5.91. The van der Waals surface area contributed by atoms with Gasteiger partial charge in [-0.3, -0.25) is 9.69 Å². The standard InChI is InChI=1S/C14H21N3O4/c1-10-8-12(16-21-10)15-13(18)9-17-4-2-11(3-5-17)14-19-6-7-20-14/h8,11,14H,2-7,9H2,1H3,(H,15,16,18). The Morgan fingerprint density at radius 2 is 2.10 bits per heavy atom. The lowest BCUT2D eigenvalue weighted by molar-refractivity contribution is -0.119. The molecule has 2 aliphatic heterocycles. The van der Waals surface area contributed by atoms with E-state index in [1.54, 1.807) is 13.0 Å². The molecule has 1 N–H and O–H groups in total. The van der Waals surface area contributed by atoms with Crippen molar-refractivity contribution in [3.8, 4) is 0 Å². The average molecular weight is 295 g/mol. The van der Waals surface area contributed by atoms with Crippen LogP contribution in [0.4, 0.5) is 5.82 Å². The monoisotopic (exact) mass is 295 g/mol. The van der Waals surface area contributed by atoms with Gasteiger partial charge in [-0.2, -0.15) is 0 Å². The van der Waals surface area contributed by atoms with Crippen molar-refractivity contribution in [2.24, 2.45) is 5.92 Å². The Labute approximate surface area is 123 Å². The van der Waals surface area contributed by atoms with E-state index in [1.807, 2.05) is 0 Å². The van der Waals surface area contributed by atoms with Crippen LogP contribution >= 0.6 is 0 Å². The maximum absolute atomic E-state index is 11.9. The first-order valence-electron chi connectivity index (χ1n) is 7.39. The number of likely N-dealkylation sites (tertiary alicyclic amines) is 1. The van der Waals surface area contributed by atoms with Crippen LogP contribution in [-0.2, 0) is 14.3 Å². The molecule has 2 aliphatic rings. The van der Waals surface area contributed by atoms with Gasteiger partial charge in [-0.25, -0.2) is 0 Å². The molecular formula is C14H21N3O4. The number of aromatic nitrogens is 1. The zero-order chi connectivity index (χ0) is 14.7. The highest BCUT2D eigenvalue weighted by atomic mass is 16.7. The lowest BCUT2D eigenvalue weighted by Gasteiger charge is -2.33. The quantitative estimate of drug-likeness (QED) is 0.893. The molecule has 116 valence electrons. The number of hydrogen-bond donors (Lipinski definition) is 1. The molecule has 1 amide bonds. The number of hydrogen-bond acceptors (Lipinski definition) is 6. The summed E-state index contributed by atoms with van der Waals surface area (Å²) in [6.07, 6.45) is 1.96. The molecule has 0 unspecified atom stereocenters. The van der Waals surface area contributed by atoms with Crippen LogP contribution in [-0.4, -0.2) is 55.1 Å². The van der Waals surface area contributed by atoms with Gasteiger partial charge in [0.15, 0.2) is 12.1 Å². The van der Waals surface area contributed by atoms with E-state index in [2.05, 4.69) is 15.4 Å². The van der Waals surface area contributed by atoms with Gasteiger partial charge in [-0.05, 0) is 32.9 Å². The zero-order valence-electron chi connectivity index (χ0n) is 12.2. The largest absolute Gasteiger partial charge is 0.360 e. The molecule has 0 aliphatic carbocycles. The molecule has 1 aromatic heterocycles. The molecule has 0 radical (unpaired) electrons. The van der Waals surface area contributed by atoms with Crippen molar-refractivity contribution in [1.82, 2.24) is 10.1 Å². The lowest BCUT2D eigenvalue weighted by Crippen LogP contribution is -2.41. The second kappa shape index (κ2) is 6.55. The van der Waals surface area contributed by atoms with E-state index in [-0.39, 0.29) is 12.2 Å². The number of amides is 1. The summed E-state index contributed by atoms with van der Waals surface area (Å²) >= 11 is 0. The topological polar surface area (TPSA) is 76.8 Å². The summed E-state index contributed by atoms with van der Waals surface area (Å²) in [5.41, 5.74) is 0. The number of carbonyl (C=O) groups excluding carboxylic acids is 1. The SMILES string of the molecule is Cc1cc(NC(=O)CN2CCC(C3OCCO3)CC2)no1.